The van der Waals surface area contributed by atoms with E-state index >= 15 is 0 Å². The number of thiophene rings is 1. The smallest absolute Gasteiger partial charge is 0.263 e. The van der Waals surface area contributed by atoms with Crippen LogP contribution >= 0.6 is 23.1 Å². The minimum atomic E-state index is -0.424. The number of allylic oxidation sites excluding steroid dienone is 1. The summed E-state index contributed by atoms with van der Waals surface area (Å²) >= 11 is 2.67. The lowest BCUT2D eigenvalue weighted by molar-refractivity contribution is -0.115. The highest BCUT2D eigenvalue weighted by molar-refractivity contribution is 8.00. The first-order valence-corrected chi connectivity index (χ1v) is 9.79. The lowest BCUT2D eigenvalue weighted by Crippen LogP contribution is -2.28. The molecule has 0 fully saturated rings. The van der Waals surface area contributed by atoms with Crippen molar-refractivity contribution in [3.63, 3.8) is 0 Å². The monoisotopic (exact) mass is 390 g/mol. The summed E-state index contributed by atoms with van der Waals surface area (Å²) in [5, 5.41) is 9.01. The van der Waals surface area contributed by atoms with Crippen LogP contribution in [0.15, 0.2) is 44.6 Å². The van der Waals surface area contributed by atoms with Crippen LogP contribution in [0.2, 0.25) is 0 Å². The van der Waals surface area contributed by atoms with Crippen LogP contribution in [-0.4, -0.2) is 25.9 Å². The lowest BCUT2D eigenvalue weighted by Gasteiger charge is -2.16. The minimum Gasteiger partial charge on any atom is -0.360 e. The van der Waals surface area contributed by atoms with Crippen molar-refractivity contribution in [3.05, 3.63) is 46.3 Å². The summed E-state index contributed by atoms with van der Waals surface area (Å²) in [6.45, 7) is 7.70. The largest absolute Gasteiger partial charge is 0.360 e. The van der Waals surface area contributed by atoms with Gasteiger partial charge in [-0.3, -0.25) is 14.2 Å². The SMILES string of the molecule is C=CCn1c(SC(CC)C(=O)Nc2cc(C)on2)nc2sccc2c1=O. The number of thioether (sulfide) groups is 1. The van der Waals surface area contributed by atoms with E-state index in [1.54, 1.807) is 29.7 Å². The van der Waals surface area contributed by atoms with E-state index in [1.807, 2.05) is 12.3 Å². The molecule has 0 bridgehead atoms. The van der Waals surface area contributed by atoms with Gasteiger partial charge in [0.05, 0.1) is 10.6 Å². The number of nitrogens with zero attached hydrogens (tertiary/aromatic N) is 3. The molecule has 7 nitrogen and oxygen atoms in total. The van der Waals surface area contributed by atoms with Crippen LogP contribution in [0.3, 0.4) is 0 Å². The van der Waals surface area contributed by atoms with Crippen molar-refractivity contribution in [2.45, 2.75) is 37.2 Å². The molecule has 9 heteroatoms. The maximum absolute atomic E-state index is 12.7. The van der Waals surface area contributed by atoms with Gasteiger partial charge in [-0.1, -0.05) is 29.9 Å². The third kappa shape index (κ3) is 3.73. The Hall–Kier alpha value is -2.39. The number of fused-ring (bicyclic) bond motifs is 1. The van der Waals surface area contributed by atoms with E-state index < -0.39 is 5.25 Å². The van der Waals surface area contributed by atoms with Gasteiger partial charge in [0.2, 0.25) is 5.91 Å². The van der Waals surface area contributed by atoms with Crippen molar-refractivity contribution in [1.29, 1.82) is 0 Å². The number of carbonyl (C=O) groups excluding carboxylic acids is 1. The zero-order chi connectivity index (χ0) is 18.7. The number of carbonyl (C=O) groups is 1. The topological polar surface area (TPSA) is 90.0 Å². The van der Waals surface area contributed by atoms with Crippen LogP contribution < -0.4 is 10.9 Å². The molecule has 0 spiro atoms. The first-order chi connectivity index (χ1) is 12.5. The second-order valence-corrected chi connectivity index (χ2v) is 7.63. The van der Waals surface area contributed by atoms with E-state index in [0.717, 1.165) is 0 Å². The van der Waals surface area contributed by atoms with Crippen molar-refractivity contribution >= 4 is 45.0 Å². The average Bonchev–Trinajstić information content (AvgIpc) is 3.24. The van der Waals surface area contributed by atoms with Crippen molar-refractivity contribution < 1.29 is 9.32 Å². The Kier molecular flexibility index (Phi) is 5.58. The minimum absolute atomic E-state index is 0.124. The van der Waals surface area contributed by atoms with Gasteiger partial charge in [0, 0.05) is 12.6 Å². The van der Waals surface area contributed by atoms with Gasteiger partial charge in [0.25, 0.3) is 5.56 Å². The maximum atomic E-state index is 12.7. The molecule has 0 aliphatic carbocycles. The van der Waals surface area contributed by atoms with Crippen LogP contribution in [0, 0.1) is 6.92 Å². The molecule has 0 aliphatic rings. The first kappa shape index (κ1) is 18.4. The lowest BCUT2D eigenvalue weighted by atomic mass is 10.3. The van der Waals surface area contributed by atoms with Crippen molar-refractivity contribution in [3.8, 4) is 0 Å². The fourth-order valence-electron chi connectivity index (χ4n) is 2.39. The summed E-state index contributed by atoms with van der Waals surface area (Å²) in [4.78, 5) is 30.5. The van der Waals surface area contributed by atoms with Crippen LogP contribution in [0.1, 0.15) is 19.1 Å². The number of anilines is 1. The predicted octanol–water partition coefficient (Wildman–Crippen LogP) is 3.45. The van der Waals surface area contributed by atoms with E-state index in [1.165, 1.54) is 23.1 Å². The van der Waals surface area contributed by atoms with Gasteiger partial charge in [-0.25, -0.2) is 4.98 Å². The highest BCUT2D eigenvalue weighted by Crippen LogP contribution is 2.27. The molecule has 0 aliphatic heterocycles. The number of hydrogen-bond acceptors (Lipinski definition) is 7. The van der Waals surface area contributed by atoms with Crippen molar-refractivity contribution in [2.75, 3.05) is 5.32 Å². The molecule has 1 amide bonds. The van der Waals surface area contributed by atoms with Crippen LogP contribution in [0.5, 0.6) is 0 Å². The molecule has 0 saturated carbocycles. The van der Waals surface area contributed by atoms with Crippen molar-refractivity contribution in [1.82, 2.24) is 14.7 Å². The number of aromatic nitrogens is 3. The Labute approximate surface area is 158 Å². The molecule has 0 saturated heterocycles. The van der Waals surface area contributed by atoms with E-state index in [0.29, 0.717) is 39.9 Å². The summed E-state index contributed by atoms with van der Waals surface area (Å²) < 4.78 is 6.51. The van der Waals surface area contributed by atoms with Gasteiger partial charge in [-0.2, -0.15) is 0 Å². The second kappa shape index (κ2) is 7.88. The maximum Gasteiger partial charge on any atom is 0.263 e. The third-order valence-electron chi connectivity index (χ3n) is 3.65. The first-order valence-electron chi connectivity index (χ1n) is 8.03. The molecule has 0 radical (unpaired) electrons. The molecule has 26 heavy (non-hydrogen) atoms. The van der Waals surface area contributed by atoms with Crippen molar-refractivity contribution in [2.24, 2.45) is 0 Å². The van der Waals surface area contributed by atoms with Gasteiger partial charge >= 0.3 is 0 Å². The van der Waals surface area contributed by atoms with E-state index in [4.69, 9.17) is 4.52 Å². The highest BCUT2D eigenvalue weighted by Gasteiger charge is 2.23. The third-order valence-corrected chi connectivity index (χ3v) is 5.81. The van der Waals surface area contributed by atoms with Crippen LogP contribution in [0.25, 0.3) is 10.2 Å². The molecular weight excluding hydrogens is 372 g/mol. The number of aryl methyl sites for hydroxylation is 1. The number of hydrogen-bond donors (Lipinski definition) is 1. The molecule has 3 heterocycles. The molecule has 1 N–H and O–H groups in total. The fraction of sp³-hybridized carbons (Fsp3) is 0.294. The van der Waals surface area contributed by atoms with E-state index in [9.17, 15) is 9.59 Å². The predicted molar refractivity (Wildman–Crippen MR) is 104 cm³/mol. The van der Waals surface area contributed by atoms with Gasteiger partial charge in [-0.15, -0.1) is 17.9 Å². The summed E-state index contributed by atoms with van der Waals surface area (Å²) in [6.07, 6.45) is 2.21. The number of amides is 1. The van der Waals surface area contributed by atoms with Crippen LogP contribution in [0.4, 0.5) is 5.82 Å². The van der Waals surface area contributed by atoms with Gasteiger partial charge in [0.15, 0.2) is 11.0 Å². The standard InChI is InChI=1S/C17H18N4O3S2/c1-4-7-21-16(23)11-6-8-25-15(11)19-17(21)26-12(5-2)14(22)18-13-9-10(3)24-20-13/h4,6,8-9,12H,1,5,7H2,2-3H3,(H,18,20,22). The molecule has 3 aromatic rings. The zero-order valence-electron chi connectivity index (χ0n) is 14.4. The molecular formula is C17H18N4O3S2. The Morgan fingerprint density at radius 2 is 2.38 bits per heavy atom. The quantitative estimate of drug-likeness (QED) is 0.377. The van der Waals surface area contributed by atoms with Gasteiger partial charge < -0.3 is 9.84 Å². The highest BCUT2D eigenvalue weighted by atomic mass is 32.2. The molecule has 3 aromatic heterocycles. The Morgan fingerprint density at radius 1 is 1.58 bits per heavy atom. The Bertz CT molecular complexity index is 1010. The molecule has 1 atom stereocenters. The summed E-state index contributed by atoms with van der Waals surface area (Å²) in [6, 6.07) is 3.42. The molecule has 0 aromatic carbocycles. The Morgan fingerprint density at radius 3 is 3.04 bits per heavy atom. The average molecular weight is 390 g/mol. The molecule has 3 rings (SSSR count). The van der Waals surface area contributed by atoms with E-state index in [-0.39, 0.29) is 11.5 Å². The van der Waals surface area contributed by atoms with Crippen LogP contribution in [-0.2, 0) is 11.3 Å². The number of nitrogens with one attached hydrogen (secondary N) is 1. The van der Waals surface area contributed by atoms with Gasteiger partial charge in [0.1, 0.15) is 10.6 Å². The normalized spacial score (nSPS) is 12.2. The number of rotatable bonds is 7. The molecule has 1 unspecified atom stereocenters. The second-order valence-electron chi connectivity index (χ2n) is 5.57. The van der Waals surface area contributed by atoms with E-state index in [2.05, 4.69) is 22.0 Å². The zero-order valence-corrected chi connectivity index (χ0v) is 16.0. The Balaban J connectivity index is 1.89. The molecule has 136 valence electrons. The summed E-state index contributed by atoms with van der Waals surface area (Å²) in [7, 11) is 0. The fourth-order valence-corrected chi connectivity index (χ4v) is 4.22. The summed E-state index contributed by atoms with van der Waals surface area (Å²) in [5.41, 5.74) is -0.124. The van der Waals surface area contributed by atoms with Gasteiger partial charge in [-0.05, 0) is 24.8 Å². The summed E-state index contributed by atoms with van der Waals surface area (Å²) in [5.74, 6) is 0.777.